The molecule has 0 saturated carbocycles. The number of rotatable bonds is 8. The highest BCUT2D eigenvalue weighted by molar-refractivity contribution is 6.62. The fraction of sp³-hybridized carbons (Fsp3) is 0.458. The van der Waals surface area contributed by atoms with Gasteiger partial charge in [0.25, 0.3) is 0 Å². The second kappa shape index (κ2) is 9.43. The van der Waals surface area contributed by atoms with Crippen molar-refractivity contribution in [3.63, 3.8) is 0 Å². The van der Waals surface area contributed by atoms with Crippen molar-refractivity contribution in [2.75, 3.05) is 14.2 Å². The second-order valence-electron chi connectivity index (χ2n) is 8.80. The van der Waals surface area contributed by atoms with Crippen molar-refractivity contribution in [2.24, 2.45) is 0 Å². The van der Waals surface area contributed by atoms with Crippen LogP contribution in [-0.2, 0) is 31.9 Å². The predicted molar refractivity (Wildman–Crippen MR) is 121 cm³/mol. The van der Waals surface area contributed by atoms with E-state index in [1.54, 1.807) is 7.05 Å². The van der Waals surface area contributed by atoms with Crippen molar-refractivity contribution >= 4 is 18.6 Å². The van der Waals surface area contributed by atoms with Gasteiger partial charge in [-0.05, 0) is 57.4 Å². The van der Waals surface area contributed by atoms with Gasteiger partial charge in [-0.1, -0.05) is 42.5 Å². The van der Waals surface area contributed by atoms with Crippen molar-refractivity contribution in [2.45, 2.75) is 58.0 Å². The molecule has 1 N–H and O–H groups in total. The molecule has 31 heavy (non-hydrogen) atoms. The average Bonchev–Trinajstić information content (AvgIpc) is 2.98. The third-order valence-corrected chi connectivity index (χ3v) is 6.11. The summed E-state index contributed by atoms with van der Waals surface area (Å²) in [5.74, 6) is 0.394. The highest BCUT2D eigenvalue weighted by Crippen LogP contribution is 2.36. The lowest BCUT2D eigenvalue weighted by atomic mass is 9.78. The number of carbonyl (C=O) groups excluding carboxylic acids is 1. The molecule has 0 aliphatic carbocycles. The Morgan fingerprint density at radius 3 is 2.29 bits per heavy atom. The number of carbonyl (C=O) groups is 1. The fourth-order valence-electron chi connectivity index (χ4n) is 3.43. The molecule has 2 aromatic carbocycles. The lowest BCUT2D eigenvalue weighted by Crippen LogP contribution is -2.41. The van der Waals surface area contributed by atoms with Gasteiger partial charge in [0.2, 0.25) is 0 Å². The van der Waals surface area contributed by atoms with Crippen LogP contribution in [0.1, 0.15) is 38.8 Å². The van der Waals surface area contributed by atoms with E-state index in [0.29, 0.717) is 18.8 Å². The van der Waals surface area contributed by atoms with Crippen LogP contribution in [0, 0.1) is 0 Å². The SMILES string of the molecule is CN[C@@H](Cc1cc(B2OC(C)(C)C(C)(C)O2)ccc1OCc1ccccc1)C(=O)OC. The molecule has 0 aromatic heterocycles. The molecule has 6 nitrogen and oxygen atoms in total. The summed E-state index contributed by atoms with van der Waals surface area (Å²) >= 11 is 0. The molecule has 0 bridgehead atoms. The van der Waals surface area contributed by atoms with E-state index >= 15 is 0 Å². The maximum Gasteiger partial charge on any atom is 0.494 e. The number of benzene rings is 2. The highest BCUT2D eigenvalue weighted by atomic mass is 16.7. The summed E-state index contributed by atoms with van der Waals surface area (Å²) in [6.45, 7) is 8.55. The van der Waals surface area contributed by atoms with Crippen molar-refractivity contribution in [1.82, 2.24) is 5.32 Å². The first kappa shape index (κ1) is 23.3. The predicted octanol–water partition coefficient (Wildman–Crippen LogP) is 2.87. The minimum atomic E-state index is -0.488. The molecule has 2 aromatic rings. The molecule has 1 atom stereocenters. The summed E-state index contributed by atoms with van der Waals surface area (Å²) in [4.78, 5) is 12.2. The van der Waals surface area contributed by atoms with Gasteiger partial charge < -0.3 is 24.1 Å². The van der Waals surface area contributed by atoms with Crippen molar-refractivity contribution < 1.29 is 23.6 Å². The van der Waals surface area contributed by atoms with Crippen LogP contribution in [0.15, 0.2) is 48.5 Å². The first-order valence-corrected chi connectivity index (χ1v) is 10.6. The fourth-order valence-corrected chi connectivity index (χ4v) is 3.43. The largest absolute Gasteiger partial charge is 0.494 e. The van der Waals surface area contributed by atoms with Crippen LogP contribution in [0.3, 0.4) is 0 Å². The zero-order valence-corrected chi connectivity index (χ0v) is 19.2. The van der Waals surface area contributed by atoms with Gasteiger partial charge in [0.1, 0.15) is 18.4 Å². The van der Waals surface area contributed by atoms with Crippen molar-refractivity contribution in [3.8, 4) is 5.75 Å². The van der Waals surface area contributed by atoms with E-state index in [9.17, 15) is 4.79 Å². The smallest absolute Gasteiger partial charge is 0.489 e. The molecule has 0 radical (unpaired) electrons. The first-order chi connectivity index (χ1) is 14.7. The molecular formula is C24H32BNO5. The molecule has 1 aliphatic heterocycles. The summed E-state index contributed by atoms with van der Waals surface area (Å²) in [6, 6.07) is 15.4. The summed E-state index contributed by atoms with van der Waals surface area (Å²) in [5, 5.41) is 3.02. The van der Waals surface area contributed by atoms with Crippen LogP contribution in [0.5, 0.6) is 5.75 Å². The average molecular weight is 425 g/mol. The second-order valence-corrected chi connectivity index (χ2v) is 8.80. The molecule has 1 saturated heterocycles. The maximum atomic E-state index is 12.2. The third kappa shape index (κ3) is 5.29. The van der Waals surface area contributed by atoms with Crippen LogP contribution in [0.25, 0.3) is 0 Å². The number of likely N-dealkylation sites (N-methyl/N-ethyl adjacent to an activating group) is 1. The van der Waals surface area contributed by atoms with Gasteiger partial charge in [0.15, 0.2) is 0 Å². The van der Waals surface area contributed by atoms with Gasteiger partial charge in [0, 0.05) is 6.42 Å². The number of hydrogen-bond donors (Lipinski definition) is 1. The number of nitrogens with one attached hydrogen (secondary N) is 1. The summed E-state index contributed by atoms with van der Waals surface area (Å²) < 4.78 is 23.5. The van der Waals surface area contributed by atoms with E-state index < -0.39 is 24.4 Å². The first-order valence-electron chi connectivity index (χ1n) is 10.6. The van der Waals surface area contributed by atoms with Crippen molar-refractivity contribution in [1.29, 1.82) is 0 Å². The Hall–Kier alpha value is -2.35. The zero-order chi connectivity index (χ0) is 22.6. The van der Waals surface area contributed by atoms with Crippen LogP contribution < -0.4 is 15.5 Å². The highest BCUT2D eigenvalue weighted by Gasteiger charge is 2.51. The van der Waals surface area contributed by atoms with E-state index in [4.69, 9.17) is 18.8 Å². The molecule has 166 valence electrons. The van der Waals surface area contributed by atoms with Gasteiger partial charge in [-0.15, -0.1) is 0 Å². The lowest BCUT2D eigenvalue weighted by Gasteiger charge is -2.32. The molecule has 0 unspecified atom stereocenters. The standard InChI is InChI=1S/C24H32BNO5/c1-23(2)24(3,4)31-25(30-23)19-12-13-21(29-16-17-10-8-7-9-11-17)18(14-19)15-20(26-5)22(27)28-6/h7-14,20,26H,15-16H2,1-6H3/t20-/m0/s1. The van der Waals surface area contributed by atoms with Crippen LogP contribution >= 0.6 is 0 Å². The Morgan fingerprint density at radius 1 is 1.06 bits per heavy atom. The molecular weight excluding hydrogens is 393 g/mol. The number of ether oxygens (including phenoxy) is 2. The number of esters is 1. The van der Waals surface area contributed by atoms with Crippen LogP contribution in [0.2, 0.25) is 0 Å². The molecule has 7 heteroatoms. The Kier molecular flexibility index (Phi) is 7.09. The monoisotopic (exact) mass is 425 g/mol. The Bertz CT molecular complexity index is 884. The molecule has 3 rings (SSSR count). The summed E-state index contributed by atoms with van der Waals surface area (Å²) in [6.07, 6.45) is 0.417. The van der Waals surface area contributed by atoms with Crippen molar-refractivity contribution in [3.05, 3.63) is 59.7 Å². The maximum absolute atomic E-state index is 12.2. The van der Waals surface area contributed by atoms with Gasteiger partial charge in [-0.2, -0.15) is 0 Å². The number of methoxy groups -OCH3 is 1. The minimum Gasteiger partial charge on any atom is -0.489 e. The van der Waals surface area contributed by atoms with Crippen LogP contribution in [-0.4, -0.2) is 44.5 Å². The Morgan fingerprint density at radius 2 is 1.71 bits per heavy atom. The quantitative estimate of drug-likeness (QED) is 0.519. The zero-order valence-electron chi connectivity index (χ0n) is 19.2. The van der Waals surface area contributed by atoms with Gasteiger partial charge in [0.05, 0.1) is 18.3 Å². The Labute approximate surface area is 185 Å². The molecule has 1 aliphatic rings. The van der Waals surface area contributed by atoms with Gasteiger partial charge in [-0.25, -0.2) is 0 Å². The molecule has 1 fully saturated rings. The van der Waals surface area contributed by atoms with Gasteiger partial charge in [-0.3, -0.25) is 4.79 Å². The molecule has 0 amide bonds. The van der Waals surface area contributed by atoms with Gasteiger partial charge >= 0.3 is 13.1 Å². The lowest BCUT2D eigenvalue weighted by molar-refractivity contribution is -0.142. The minimum absolute atomic E-state index is 0.322. The molecule has 0 spiro atoms. The molecule has 1 heterocycles. The van der Waals surface area contributed by atoms with E-state index in [2.05, 4.69) is 5.32 Å². The van der Waals surface area contributed by atoms with E-state index in [-0.39, 0.29) is 5.97 Å². The third-order valence-electron chi connectivity index (χ3n) is 6.11. The van der Waals surface area contributed by atoms with Crippen LogP contribution in [0.4, 0.5) is 0 Å². The van der Waals surface area contributed by atoms with E-state index in [1.807, 2.05) is 76.2 Å². The van der Waals surface area contributed by atoms with E-state index in [0.717, 1.165) is 16.6 Å². The number of hydrogen-bond acceptors (Lipinski definition) is 6. The Balaban J connectivity index is 1.88. The summed E-state index contributed by atoms with van der Waals surface area (Å²) in [7, 11) is 2.64. The summed E-state index contributed by atoms with van der Waals surface area (Å²) in [5.41, 5.74) is 1.98. The normalized spacial score (nSPS) is 17.9. The topological polar surface area (TPSA) is 66.0 Å². The van der Waals surface area contributed by atoms with E-state index in [1.165, 1.54) is 7.11 Å².